The molecule has 1 aromatic rings. The molecule has 1 atom stereocenters. The summed E-state index contributed by atoms with van der Waals surface area (Å²) in [7, 11) is 0. The first-order valence-corrected chi connectivity index (χ1v) is 7.91. The van der Waals surface area contributed by atoms with Crippen molar-refractivity contribution in [1.82, 2.24) is 0 Å². The lowest BCUT2D eigenvalue weighted by atomic mass is 9.99. The van der Waals surface area contributed by atoms with Crippen LogP contribution in [0.5, 0.6) is 0 Å². The molecule has 1 unspecified atom stereocenters. The van der Waals surface area contributed by atoms with Gasteiger partial charge in [0.05, 0.1) is 17.2 Å². The first-order chi connectivity index (χ1) is 9.58. The van der Waals surface area contributed by atoms with Crippen LogP contribution in [-0.4, -0.2) is 12.6 Å². The molecule has 0 aliphatic carbocycles. The monoisotopic (exact) mass is 296 g/mol. The van der Waals surface area contributed by atoms with Gasteiger partial charge in [-0.2, -0.15) is 0 Å². The molecule has 0 amide bonds. The highest BCUT2D eigenvalue weighted by molar-refractivity contribution is 6.33. The third kappa shape index (κ3) is 5.54. The fourth-order valence-electron chi connectivity index (χ4n) is 2.11. The number of aryl methyl sites for hydroxylation is 1. The molecule has 3 heteroatoms. The van der Waals surface area contributed by atoms with Crippen LogP contribution in [0.25, 0.3) is 0 Å². The number of rotatable bonds is 8. The summed E-state index contributed by atoms with van der Waals surface area (Å²) in [6.07, 6.45) is 5.95. The lowest BCUT2D eigenvalue weighted by Gasteiger charge is -2.09. The van der Waals surface area contributed by atoms with E-state index in [9.17, 15) is 4.79 Å². The zero-order valence-electron chi connectivity index (χ0n) is 12.7. The largest absolute Gasteiger partial charge is 0.462 e. The van der Waals surface area contributed by atoms with Crippen molar-refractivity contribution >= 4 is 17.6 Å². The maximum absolute atomic E-state index is 11.6. The van der Waals surface area contributed by atoms with E-state index >= 15 is 0 Å². The number of carbonyl (C=O) groups is 1. The van der Waals surface area contributed by atoms with Gasteiger partial charge in [-0.25, -0.2) is 4.79 Å². The summed E-state index contributed by atoms with van der Waals surface area (Å²) in [6.45, 7) is 6.69. The smallest absolute Gasteiger partial charge is 0.339 e. The summed E-state index contributed by atoms with van der Waals surface area (Å²) < 4.78 is 4.96. The topological polar surface area (TPSA) is 26.3 Å². The Morgan fingerprint density at radius 2 is 2.05 bits per heavy atom. The predicted octanol–water partition coefficient (Wildman–Crippen LogP) is 5.28. The van der Waals surface area contributed by atoms with Gasteiger partial charge in [0, 0.05) is 0 Å². The molecule has 0 N–H and O–H groups in total. The fourth-order valence-corrected chi connectivity index (χ4v) is 2.39. The zero-order valence-corrected chi connectivity index (χ0v) is 13.5. The van der Waals surface area contributed by atoms with Gasteiger partial charge in [0.2, 0.25) is 0 Å². The van der Waals surface area contributed by atoms with Crippen LogP contribution < -0.4 is 0 Å². The van der Waals surface area contributed by atoms with Gasteiger partial charge in [-0.15, -0.1) is 0 Å². The van der Waals surface area contributed by atoms with Crippen molar-refractivity contribution in [2.24, 2.45) is 5.92 Å². The second-order valence-corrected chi connectivity index (χ2v) is 5.70. The van der Waals surface area contributed by atoms with Crippen molar-refractivity contribution in [3.8, 4) is 0 Å². The molecule has 112 valence electrons. The van der Waals surface area contributed by atoms with E-state index in [0.717, 1.165) is 12.3 Å². The number of unbranched alkanes of at least 4 members (excludes halogenated alkanes) is 1. The van der Waals surface area contributed by atoms with E-state index in [1.54, 1.807) is 13.0 Å². The molecule has 0 saturated carbocycles. The first-order valence-electron chi connectivity index (χ1n) is 7.54. The van der Waals surface area contributed by atoms with E-state index in [2.05, 4.69) is 13.8 Å². The molecule has 1 aromatic carbocycles. The minimum Gasteiger partial charge on any atom is -0.462 e. The Morgan fingerprint density at radius 1 is 1.30 bits per heavy atom. The van der Waals surface area contributed by atoms with Crippen LogP contribution in [0.3, 0.4) is 0 Å². The molecular formula is C17H25ClO2. The van der Waals surface area contributed by atoms with E-state index < -0.39 is 0 Å². The Labute approximate surface area is 127 Å². The van der Waals surface area contributed by atoms with Gasteiger partial charge in [-0.05, 0) is 43.4 Å². The number of hydrogen-bond acceptors (Lipinski definition) is 2. The van der Waals surface area contributed by atoms with Crippen LogP contribution in [0.4, 0.5) is 0 Å². The van der Waals surface area contributed by atoms with Crippen LogP contribution in [0.1, 0.15) is 62.4 Å². The van der Waals surface area contributed by atoms with Crippen LogP contribution in [0.2, 0.25) is 5.02 Å². The summed E-state index contributed by atoms with van der Waals surface area (Å²) in [6, 6.07) is 5.63. The van der Waals surface area contributed by atoms with Crippen molar-refractivity contribution < 1.29 is 9.53 Å². The molecule has 0 aromatic heterocycles. The fraction of sp³-hybridized carbons (Fsp3) is 0.588. The summed E-state index contributed by atoms with van der Waals surface area (Å²) in [5, 5.41) is 0.489. The molecule has 0 heterocycles. The summed E-state index contributed by atoms with van der Waals surface area (Å²) in [4.78, 5) is 11.6. The second kappa shape index (κ2) is 9.02. The van der Waals surface area contributed by atoms with E-state index in [0.29, 0.717) is 17.2 Å². The summed E-state index contributed by atoms with van der Waals surface area (Å²) in [5.41, 5.74) is 1.64. The highest BCUT2D eigenvalue weighted by atomic mass is 35.5. The van der Waals surface area contributed by atoms with Crippen LogP contribution in [0.15, 0.2) is 18.2 Å². The number of esters is 1. The highest BCUT2D eigenvalue weighted by Gasteiger charge is 2.11. The zero-order chi connectivity index (χ0) is 15.0. The molecule has 0 saturated heterocycles. The third-order valence-corrected chi connectivity index (χ3v) is 3.95. The first kappa shape index (κ1) is 17.0. The Balaban J connectivity index is 2.49. The maximum Gasteiger partial charge on any atom is 0.339 e. The minimum absolute atomic E-state index is 0.346. The molecule has 0 aliphatic heterocycles. The molecule has 0 aliphatic rings. The van der Waals surface area contributed by atoms with Crippen LogP contribution in [-0.2, 0) is 11.2 Å². The number of halogens is 1. The molecule has 20 heavy (non-hydrogen) atoms. The van der Waals surface area contributed by atoms with E-state index in [4.69, 9.17) is 16.3 Å². The molecular weight excluding hydrogens is 272 g/mol. The van der Waals surface area contributed by atoms with E-state index in [1.807, 2.05) is 12.1 Å². The summed E-state index contributed by atoms with van der Waals surface area (Å²) >= 11 is 6.14. The molecule has 0 spiro atoms. The van der Waals surface area contributed by atoms with Crippen molar-refractivity contribution in [2.45, 2.75) is 52.9 Å². The molecule has 0 bridgehead atoms. The van der Waals surface area contributed by atoms with Gasteiger partial charge < -0.3 is 4.74 Å². The molecule has 2 nitrogen and oxygen atoms in total. The second-order valence-electron chi connectivity index (χ2n) is 5.29. The number of carbonyl (C=O) groups excluding carboxylic acids is 1. The standard InChI is InChI=1S/C17H25ClO2/c1-4-13(3)8-6-7-9-14-10-11-15(16(18)12-14)17(19)20-5-2/h10-13H,4-9H2,1-3H3. The average Bonchev–Trinajstić information content (AvgIpc) is 2.43. The maximum atomic E-state index is 11.6. The molecule has 0 radical (unpaired) electrons. The Hall–Kier alpha value is -1.02. The Kier molecular flexibility index (Phi) is 7.68. The normalized spacial score (nSPS) is 12.2. The highest BCUT2D eigenvalue weighted by Crippen LogP contribution is 2.21. The molecule has 0 fully saturated rings. The Morgan fingerprint density at radius 3 is 2.65 bits per heavy atom. The third-order valence-electron chi connectivity index (χ3n) is 3.64. The number of ether oxygens (including phenoxy) is 1. The van der Waals surface area contributed by atoms with Crippen molar-refractivity contribution in [1.29, 1.82) is 0 Å². The van der Waals surface area contributed by atoms with Gasteiger partial charge in [0.1, 0.15) is 0 Å². The Bertz CT molecular complexity index is 429. The van der Waals surface area contributed by atoms with Crippen molar-refractivity contribution in [3.05, 3.63) is 34.3 Å². The van der Waals surface area contributed by atoms with Gasteiger partial charge in [-0.3, -0.25) is 0 Å². The summed E-state index contributed by atoms with van der Waals surface area (Å²) in [5.74, 6) is 0.464. The SMILES string of the molecule is CCOC(=O)c1ccc(CCCCC(C)CC)cc1Cl. The number of hydrogen-bond donors (Lipinski definition) is 0. The minimum atomic E-state index is -0.346. The van der Waals surface area contributed by atoms with Crippen LogP contribution in [0, 0.1) is 5.92 Å². The van der Waals surface area contributed by atoms with E-state index in [-0.39, 0.29) is 5.97 Å². The quantitative estimate of drug-likeness (QED) is 0.482. The van der Waals surface area contributed by atoms with Crippen molar-refractivity contribution in [2.75, 3.05) is 6.61 Å². The molecule has 1 rings (SSSR count). The van der Waals surface area contributed by atoms with Gasteiger partial charge >= 0.3 is 5.97 Å². The lowest BCUT2D eigenvalue weighted by Crippen LogP contribution is -2.05. The average molecular weight is 297 g/mol. The van der Waals surface area contributed by atoms with Crippen LogP contribution >= 0.6 is 11.6 Å². The van der Waals surface area contributed by atoms with Crippen molar-refractivity contribution in [3.63, 3.8) is 0 Å². The number of benzene rings is 1. The van der Waals surface area contributed by atoms with Gasteiger partial charge in [0.25, 0.3) is 0 Å². The van der Waals surface area contributed by atoms with E-state index in [1.165, 1.54) is 31.2 Å². The van der Waals surface area contributed by atoms with Gasteiger partial charge in [-0.1, -0.05) is 50.8 Å². The van der Waals surface area contributed by atoms with Gasteiger partial charge in [0.15, 0.2) is 0 Å². The predicted molar refractivity (Wildman–Crippen MR) is 84.4 cm³/mol. The lowest BCUT2D eigenvalue weighted by molar-refractivity contribution is 0.0526.